The van der Waals surface area contributed by atoms with Crippen LogP contribution in [0.3, 0.4) is 0 Å². The highest BCUT2D eigenvalue weighted by Gasteiger charge is 2.37. The van der Waals surface area contributed by atoms with E-state index in [1.807, 2.05) is 0 Å². The largest absolute Gasteiger partial charge is 0.414 e. The maximum atomic E-state index is 11.9. The van der Waals surface area contributed by atoms with E-state index in [-0.39, 0.29) is 19.3 Å². The second-order valence-corrected chi connectivity index (χ2v) is 4.33. The normalized spacial score (nSPS) is 14.8. The molecule has 1 N–H and O–H groups in total. The molecule has 0 heterocycles. The van der Waals surface area contributed by atoms with Gasteiger partial charge in [-0.05, 0) is 12.8 Å². The van der Waals surface area contributed by atoms with E-state index in [2.05, 4.69) is 0 Å². The highest BCUT2D eigenvalue weighted by Crippen LogP contribution is 2.25. The van der Waals surface area contributed by atoms with E-state index >= 15 is 0 Å². The highest BCUT2D eigenvalue weighted by molar-refractivity contribution is 4.64. The molecule has 7 heteroatoms. The van der Waals surface area contributed by atoms with Crippen LogP contribution in [0.4, 0.5) is 26.3 Å². The standard InChI is InChI=1S/C11H18F6O/c12-10(13,14)8-6-4-2-1-3-5-7-9(18)11(15,16)17/h9,18H,1-8H2. The molecule has 0 aromatic heterocycles. The van der Waals surface area contributed by atoms with Crippen molar-refractivity contribution in [2.75, 3.05) is 0 Å². The fourth-order valence-corrected chi connectivity index (χ4v) is 1.53. The fraction of sp³-hybridized carbons (Fsp3) is 1.00. The summed E-state index contributed by atoms with van der Waals surface area (Å²) in [5, 5.41) is 8.67. The van der Waals surface area contributed by atoms with Crippen molar-refractivity contribution >= 4 is 0 Å². The first-order valence-corrected chi connectivity index (χ1v) is 5.94. The molecule has 0 aliphatic carbocycles. The lowest BCUT2D eigenvalue weighted by molar-refractivity contribution is -0.205. The van der Waals surface area contributed by atoms with E-state index in [9.17, 15) is 26.3 Å². The predicted octanol–water partition coefficient (Wildman–Crippen LogP) is 4.59. The minimum Gasteiger partial charge on any atom is -0.384 e. The third-order valence-corrected chi connectivity index (χ3v) is 2.57. The average molecular weight is 280 g/mol. The molecule has 1 unspecified atom stereocenters. The highest BCUT2D eigenvalue weighted by atomic mass is 19.4. The molecule has 0 saturated carbocycles. The topological polar surface area (TPSA) is 20.2 Å². The summed E-state index contributed by atoms with van der Waals surface area (Å²) < 4.78 is 70.9. The first-order valence-electron chi connectivity index (χ1n) is 5.94. The molecule has 0 radical (unpaired) electrons. The molecule has 0 amide bonds. The van der Waals surface area contributed by atoms with Gasteiger partial charge in [-0.3, -0.25) is 0 Å². The van der Waals surface area contributed by atoms with Gasteiger partial charge in [-0.15, -0.1) is 0 Å². The molecule has 0 rings (SSSR count). The molecule has 0 aliphatic heterocycles. The van der Waals surface area contributed by atoms with Gasteiger partial charge >= 0.3 is 12.4 Å². The predicted molar refractivity (Wildman–Crippen MR) is 55.1 cm³/mol. The average Bonchev–Trinajstić information content (AvgIpc) is 2.18. The second kappa shape index (κ2) is 7.86. The smallest absolute Gasteiger partial charge is 0.384 e. The third kappa shape index (κ3) is 10.7. The summed E-state index contributed by atoms with van der Waals surface area (Å²) in [6.45, 7) is 0. The van der Waals surface area contributed by atoms with Gasteiger partial charge in [0, 0.05) is 6.42 Å². The quantitative estimate of drug-likeness (QED) is 0.509. The van der Waals surface area contributed by atoms with E-state index in [4.69, 9.17) is 5.11 Å². The molecule has 0 saturated heterocycles. The van der Waals surface area contributed by atoms with Gasteiger partial charge in [-0.2, -0.15) is 26.3 Å². The summed E-state index contributed by atoms with van der Waals surface area (Å²) in [4.78, 5) is 0. The number of hydrogen-bond acceptors (Lipinski definition) is 1. The summed E-state index contributed by atoms with van der Waals surface area (Å²) >= 11 is 0. The first-order chi connectivity index (χ1) is 8.13. The van der Waals surface area contributed by atoms with Crippen molar-refractivity contribution in [2.45, 2.75) is 69.8 Å². The summed E-state index contributed by atoms with van der Waals surface area (Å²) in [5.74, 6) is 0. The van der Waals surface area contributed by atoms with Crippen molar-refractivity contribution < 1.29 is 31.4 Å². The van der Waals surface area contributed by atoms with E-state index < -0.39 is 24.9 Å². The van der Waals surface area contributed by atoms with Crippen molar-refractivity contribution in [1.29, 1.82) is 0 Å². The van der Waals surface area contributed by atoms with Crippen LogP contribution < -0.4 is 0 Å². The monoisotopic (exact) mass is 280 g/mol. The number of halogens is 6. The maximum Gasteiger partial charge on any atom is 0.414 e. The molecular weight excluding hydrogens is 262 g/mol. The van der Waals surface area contributed by atoms with Gasteiger partial charge in [0.15, 0.2) is 0 Å². The van der Waals surface area contributed by atoms with Gasteiger partial charge in [0.2, 0.25) is 0 Å². The lowest BCUT2D eigenvalue weighted by Crippen LogP contribution is -2.28. The van der Waals surface area contributed by atoms with Gasteiger partial charge in [0.25, 0.3) is 0 Å². The summed E-state index contributed by atoms with van der Waals surface area (Å²) in [6.07, 6.45) is -9.73. The van der Waals surface area contributed by atoms with Crippen molar-refractivity contribution in [3.05, 3.63) is 0 Å². The van der Waals surface area contributed by atoms with Gasteiger partial charge in [0.1, 0.15) is 6.10 Å². The molecule has 0 bridgehead atoms. The molecule has 1 atom stereocenters. The number of unbranched alkanes of at least 4 members (excludes halogenated alkanes) is 5. The summed E-state index contributed by atoms with van der Waals surface area (Å²) in [5.41, 5.74) is 0. The van der Waals surface area contributed by atoms with Gasteiger partial charge < -0.3 is 5.11 Å². The van der Waals surface area contributed by atoms with Crippen LogP contribution >= 0.6 is 0 Å². The minimum atomic E-state index is -4.58. The molecule has 0 fully saturated rings. The van der Waals surface area contributed by atoms with Crippen molar-refractivity contribution in [2.24, 2.45) is 0 Å². The van der Waals surface area contributed by atoms with Gasteiger partial charge in [-0.1, -0.05) is 32.1 Å². The Morgan fingerprint density at radius 1 is 0.722 bits per heavy atom. The van der Waals surface area contributed by atoms with E-state index in [1.165, 1.54) is 0 Å². The van der Waals surface area contributed by atoms with Crippen LogP contribution in [0.2, 0.25) is 0 Å². The number of hydrogen-bond donors (Lipinski definition) is 1. The van der Waals surface area contributed by atoms with Gasteiger partial charge in [0.05, 0.1) is 0 Å². The van der Waals surface area contributed by atoms with Crippen LogP contribution in [-0.4, -0.2) is 23.6 Å². The van der Waals surface area contributed by atoms with Gasteiger partial charge in [-0.25, -0.2) is 0 Å². The lowest BCUT2D eigenvalue weighted by atomic mass is 10.1. The minimum absolute atomic E-state index is 0.0642. The van der Waals surface area contributed by atoms with Crippen LogP contribution in [-0.2, 0) is 0 Å². The first kappa shape index (κ1) is 17.5. The zero-order valence-corrected chi connectivity index (χ0v) is 9.95. The maximum absolute atomic E-state index is 11.9. The summed E-state index contributed by atoms with van der Waals surface area (Å²) in [7, 11) is 0. The Morgan fingerprint density at radius 2 is 1.17 bits per heavy atom. The molecular formula is C11H18F6O. The fourth-order valence-electron chi connectivity index (χ4n) is 1.53. The third-order valence-electron chi connectivity index (χ3n) is 2.57. The van der Waals surface area contributed by atoms with E-state index in [0.717, 1.165) is 0 Å². The Labute approximate surface area is 102 Å². The van der Waals surface area contributed by atoms with Crippen molar-refractivity contribution in [3.8, 4) is 0 Å². The van der Waals surface area contributed by atoms with Crippen LogP contribution in [0.5, 0.6) is 0 Å². The molecule has 1 nitrogen and oxygen atoms in total. The number of alkyl halides is 6. The number of aliphatic hydroxyl groups is 1. The second-order valence-electron chi connectivity index (χ2n) is 4.33. The van der Waals surface area contributed by atoms with E-state index in [1.54, 1.807) is 0 Å². The molecule has 18 heavy (non-hydrogen) atoms. The Balaban J connectivity index is 3.32. The lowest BCUT2D eigenvalue weighted by Gasteiger charge is -2.13. The Bertz CT molecular complexity index is 211. The Morgan fingerprint density at radius 3 is 1.61 bits per heavy atom. The van der Waals surface area contributed by atoms with Crippen molar-refractivity contribution in [3.63, 3.8) is 0 Å². The zero-order chi connectivity index (χ0) is 14.2. The molecule has 0 aliphatic rings. The Hall–Kier alpha value is -0.460. The SMILES string of the molecule is OC(CCCCCCCCC(F)(F)F)C(F)(F)F. The Kier molecular flexibility index (Phi) is 7.66. The molecule has 0 aromatic carbocycles. The molecule has 0 aromatic rings. The number of rotatable bonds is 8. The van der Waals surface area contributed by atoms with Crippen LogP contribution in [0.1, 0.15) is 51.4 Å². The van der Waals surface area contributed by atoms with Crippen molar-refractivity contribution in [1.82, 2.24) is 0 Å². The molecule has 0 spiro atoms. The van der Waals surface area contributed by atoms with Crippen LogP contribution in [0, 0.1) is 0 Å². The van der Waals surface area contributed by atoms with Crippen LogP contribution in [0.25, 0.3) is 0 Å². The molecule has 110 valence electrons. The van der Waals surface area contributed by atoms with E-state index in [0.29, 0.717) is 25.7 Å². The number of aliphatic hydroxyl groups excluding tert-OH is 1. The summed E-state index contributed by atoms with van der Waals surface area (Å²) in [6, 6.07) is 0. The zero-order valence-electron chi connectivity index (χ0n) is 9.95. The van der Waals surface area contributed by atoms with Crippen LogP contribution in [0.15, 0.2) is 0 Å².